The molecule has 0 unspecified atom stereocenters. The minimum atomic E-state index is 0. The van der Waals surface area contributed by atoms with Gasteiger partial charge in [0.1, 0.15) is 0 Å². The van der Waals surface area contributed by atoms with Gasteiger partial charge in [-0.3, -0.25) is 0 Å². The molecule has 2 rings (SSSR count). The molecule has 0 radical (unpaired) electrons. The first-order valence-electron chi connectivity index (χ1n) is 10.3. The van der Waals surface area contributed by atoms with E-state index in [0.29, 0.717) is 23.7 Å². The Balaban J connectivity index is -0.0000000132. The molecule has 27 heteroatoms. The Kier molecular flexibility index (Phi) is 193. The van der Waals surface area contributed by atoms with E-state index in [4.69, 9.17) is 0 Å². The summed E-state index contributed by atoms with van der Waals surface area (Å²) in [6, 6.07) is 9.00. The fourth-order valence-corrected chi connectivity index (χ4v) is 5.63. The van der Waals surface area contributed by atoms with Crippen molar-refractivity contribution in [2.75, 3.05) is 0 Å². The van der Waals surface area contributed by atoms with Crippen molar-refractivity contribution in [3.63, 3.8) is 0 Å². The van der Waals surface area contributed by atoms with Gasteiger partial charge in [0, 0.05) is 84.3 Å². The predicted octanol–water partition coefficient (Wildman–Crippen LogP) is -4.02. The zero-order valence-corrected chi connectivity index (χ0v) is 45.6. The number of hydrogen-bond acceptors (Lipinski definition) is 0. The third-order valence-electron chi connectivity index (χ3n) is 4.94. The molecule has 0 spiro atoms. The van der Waals surface area contributed by atoms with Crippen molar-refractivity contribution in [3.8, 4) is 0 Å². The van der Waals surface area contributed by atoms with Crippen LogP contribution < -0.4 is 0 Å². The van der Waals surface area contributed by atoms with Crippen molar-refractivity contribution in [1.82, 2.24) is 0 Å². The molecule has 0 aliphatic rings. The quantitative estimate of drug-likeness (QED) is 0.209. The maximum atomic E-state index is 4.46. The van der Waals surface area contributed by atoms with E-state index in [2.05, 4.69) is 131 Å². The largest absolute Gasteiger partial charge is 0.412 e. The standard InChI is InChI=1S/2C12H16IN.6Mo.17H2O/c2*1-7(2)10-5-9(13)6-11(8(3)4)12(10)14;;;;;;;;;;;;;;;;;;;;;;;/h2*5-8H,1-4H3;;;;;;;17*1H2/q2*+1;;;;;;;;;;;;;;;;;;;;;;;. The second-order valence-electron chi connectivity index (χ2n) is 8.67. The maximum Gasteiger partial charge on any atom is 0 e. The number of halogens is 2. The Bertz CT molecular complexity index is 890. The van der Waals surface area contributed by atoms with E-state index in [1.54, 1.807) is 0 Å². The molecule has 0 atom stereocenters. The van der Waals surface area contributed by atoms with E-state index in [-0.39, 0.29) is 177 Å². The molecule has 0 fully saturated rings. The average Bonchev–Trinajstić information content (AvgIpc) is 2.66. The van der Waals surface area contributed by atoms with E-state index in [1.165, 1.54) is 40.8 Å². The Morgan fingerprint density at radius 2 is 0.471 bits per heavy atom. The topological polar surface area (TPSA) is 544 Å². The van der Waals surface area contributed by atoms with Gasteiger partial charge < -0.3 is 93.1 Å². The van der Waals surface area contributed by atoms with Crippen LogP contribution in [0.2, 0.25) is 0 Å². The minimum Gasteiger partial charge on any atom is -0.412 e. The van der Waals surface area contributed by atoms with Crippen LogP contribution in [0.15, 0.2) is 24.3 Å². The number of hydrogen-bond donors (Lipinski definition) is 0. The summed E-state index contributed by atoms with van der Waals surface area (Å²) in [5, 5.41) is 0. The van der Waals surface area contributed by atoms with Gasteiger partial charge in [-0.05, 0) is 0 Å². The molecule has 0 bridgehead atoms. The van der Waals surface area contributed by atoms with Crippen molar-refractivity contribution in [3.05, 3.63) is 60.3 Å². The first-order valence-corrected chi connectivity index (χ1v) is 14.2. The van der Waals surface area contributed by atoms with Gasteiger partial charge in [0.25, 0.3) is 0 Å². The monoisotopic (exact) mass is 1500 g/mol. The SMILES string of the molecule is CC(C)c1cc(I)cc(C(C)C)c1[N+]#[Mo].CC(C)c1cc(I)cc(C(C)C)c1[N+]#[Mo].O.O.O.O.O.O.O.O.O.O.O.O.O.O.O.O.O.[Mo].[Mo].[Mo].[Mo]. The molecule has 0 saturated heterocycles. The van der Waals surface area contributed by atoms with Crippen LogP contribution in [-0.4, -0.2) is 93.1 Å². The molecule has 19 nitrogen and oxygen atoms in total. The molecule has 0 aliphatic carbocycles. The van der Waals surface area contributed by atoms with Gasteiger partial charge in [0.05, 0.1) is 0 Å². The van der Waals surface area contributed by atoms with Crippen molar-refractivity contribution >= 4 is 56.6 Å². The molecule has 34 N–H and O–H groups in total. The Labute approximate surface area is 406 Å². The van der Waals surface area contributed by atoms with Crippen molar-refractivity contribution < 1.29 is 216 Å². The number of nitrogens with zero attached hydrogens (tertiary/aromatic N) is 2. The molecule has 0 amide bonds. The van der Waals surface area contributed by atoms with Crippen LogP contribution in [0.1, 0.15) is 101 Å². The van der Waals surface area contributed by atoms with Gasteiger partial charge in [-0.15, -0.1) is 0 Å². The van der Waals surface area contributed by atoms with Gasteiger partial charge in [-0.25, -0.2) is 0 Å². The Hall–Kier alpha value is 2.77. The van der Waals surface area contributed by atoms with Crippen LogP contribution in [0.4, 0.5) is 11.4 Å². The minimum absolute atomic E-state index is 0. The predicted molar refractivity (Wildman–Crippen MR) is 202 cm³/mol. The second kappa shape index (κ2) is 70.6. The third kappa shape index (κ3) is 45.3. The fourth-order valence-electron chi connectivity index (χ4n) is 3.26. The van der Waals surface area contributed by atoms with Crippen LogP contribution in [-0.2, 0) is 123 Å². The van der Waals surface area contributed by atoms with Crippen LogP contribution >= 0.6 is 45.2 Å². The van der Waals surface area contributed by atoms with E-state index < -0.39 is 0 Å². The van der Waals surface area contributed by atoms with Crippen molar-refractivity contribution in [2.45, 2.75) is 79.1 Å². The molecule has 322 valence electrons. The van der Waals surface area contributed by atoms with Crippen LogP contribution in [0.3, 0.4) is 0 Å². The number of benzene rings is 2. The van der Waals surface area contributed by atoms with E-state index >= 15 is 0 Å². The first-order chi connectivity index (χ1) is 13.9. The van der Waals surface area contributed by atoms with Crippen LogP contribution in [0.25, 0.3) is 6.62 Å². The van der Waals surface area contributed by atoms with E-state index in [9.17, 15) is 0 Å². The second-order valence-corrected chi connectivity index (χ2v) is 12.1. The smallest absolute Gasteiger partial charge is 0 e. The summed E-state index contributed by atoms with van der Waals surface area (Å²) in [6.07, 6.45) is 0. The summed E-state index contributed by atoms with van der Waals surface area (Å²) < 4.78 is 11.5. The summed E-state index contributed by atoms with van der Waals surface area (Å²) in [4.78, 5) is 0. The molecule has 0 aromatic heterocycles. The number of rotatable bonds is 4. The van der Waals surface area contributed by atoms with Crippen molar-refractivity contribution in [2.24, 2.45) is 0 Å². The molecule has 0 heterocycles. The van der Waals surface area contributed by atoms with Gasteiger partial charge >= 0.3 is 235 Å². The van der Waals surface area contributed by atoms with Gasteiger partial charge in [-0.1, -0.05) is 0 Å². The molecule has 51 heavy (non-hydrogen) atoms. The van der Waals surface area contributed by atoms with E-state index in [1.807, 2.05) is 38.9 Å². The molecular formula is C24H66I2Mo6N2O17+2. The van der Waals surface area contributed by atoms with E-state index in [0.717, 1.165) is 0 Å². The Morgan fingerprint density at radius 1 is 0.353 bits per heavy atom. The summed E-state index contributed by atoms with van der Waals surface area (Å²) in [5.74, 6) is 2.16. The average molecular weight is 1480 g/mol. The molecular weight excluding hydrogens is 1420 g/mol. The molecule has 0 saturated carbocycles. The van der Waals surface area contributed by atoms with Gasteiger partial charge in [0.2, 0.25) is 0 Å². The Morgan fingerprint density at radius 3 is 0.549 bits per heavy atom. The zero-order chi connectivity index (χ0) is 23.2. The molecule has 2 aromatic rings. The van der Waals surface area contributed by atoms with Gasteiger partial charge in [-0.2, -0.15) is 0 Å². The van der Waals surface area contributed by atoms with Crippen molar-refractivity contribution in [1.29, 1.82) is 0 Å². The summed E-state index contributed by atoms with van der Waals surface area (Å²) in [6.45, 7) is 17.8. The maximum absolute atomic E-state index is 4.46. The normalized spacial score (nSPS) is 6.35. The summed E-state index contributed by atoms with van der Waals surface area (Å²) in [5.41, 5.74) is 7.88. The van der Waals surface area contributed by atoms with Crippen LogP contribution in [0, 0.1) is 7.14 Å². The first kappa shape index (κ1) is 139. The van der Waals surface area contributed by atoms with Crippen LogP contribution in [0.5, 0.6) is 0 Å². The van der Waals surface area contributed by atoms with Gasteiger partial charge in [0.15, 0.2) is 0 Å². The fraction of sp³-hybridized carbons (Fsp3) is 0.500. The zero-order valence-electron chi connectivity index (χ0n) is 29.2. The third-order valence-corrected chi connectivity index (χ3v) is 7.08. The summed E-state index contributed by atoms with van der Waals surface area (Å²) >= 11 is 8.41. The molecule has 0 aliphatic heterocycles. The summed E-state index contributed by atoms with van der Waals surface area (Å²) in [7, 11) is 0. The molecule has 2 aromatic carbocycles.